The van der Waals surface area contributed by atoms with Crippen LogP contribution in [0.2, 0.25) is 10.0 Å². The van der Waals surface area contributed by atoms with E-state index >= 15 is 0 Å². The van der Waals surface area contributed by atoms with E-state index in [4.69, 9.17) is 23.2 Å². The minimum absolute atomic E-state index is 0. The first kappa shape index (κ1) is 20.5. The molecule has 0 N–H and O–H groups in total. The topological polar surface area (TPSA) is 40.6 Å². The number of likely N-dealkylation sites (tertiary alicyclic amines) is 2. The van der Waals surface area contributed by atoms with Gasteiger partial charge in [-0.05, 0) is 50.0 Å². The second-order valence-electron chi connectivity index (χ2n) is 6.69. The first-order valence-electron chi connectivity index (χ1n) is 8.50. The molecule has 138 valence electrons. The first-order chi connectivity index (χ1) is 11.5. The number of piperidine rings is 1. The summed E-state index contributed by atoms with van der Waals surface area (Å²) >= 11 is 12.0. The summed E-state index contributed by atoms with van der Waals surface area (Å²) < 4.78 is 0. The lowest BCUT2D eigenvalue weighted by molar-refractivity contribution is -0.140. The number of benzene rings is 1. The third kappa shape index (κ3) is 5.33. The summed E-state index contributed by atoms with van der Waals surface area (Å²) in [5, 5.41) is 0.929. The SMILES string of the molecule is Cl.O=C1CCC(CN2CCCC2)N(C(=O)Cc2ccc(Cl)c(Cl)c2)C1. The number of amides is 1. The molecule has 2 aliphatic heterocycles. The molecule has 2 saturated heterocycles. The molecule has 2 aliphatic rings. The molecule has 1 unspecified atom stereocenters. The van der Waals surface area contributed by atoms with Gasteiger partial charge in [-0.2, -0.15) is 0 Å². The fraction of sp³-hybridized carbons (Fsp3) is 0.556. The minimum atomic E-state index is -0.00867. The molecule has 1 atom stereocenters. The second kappa shape index (κ2) is 9.22. The average molecular weight is 406 g/mol. The van der Waals surface area contributed by atoms with Gasteiger partial charge in [0.1, 0.15) is 0 Å². The van der Waals surface area contributed by atoms with E-state index in [1.54, 1.807) is 17.0 Å². The third-order valence-corrected chi connectivity index (χ3v) is 5.61. The van der Waals surface area contributed by atoms with Crippen LogP contribution in [0.15, 0.2) is 18.2 Å². The lowest BCUT2D eigenvalue weighted by Crippen LogP contribution is -2.52. The Morgan fingerprint density at radius 1 is 1.16 bits per heavy atom. The van der Waals surface area contributed by atoms with Crippen molar-refractivity contribution in [1.82, 2.24) is 9.80 Å². The Morgan fingerprint density at radius 2 is 1.88 bits per heavy atom. The number of nitrogens with zero attached hydrogens (tertiary/aromatic N) is 2. The molecule has 1 aromatic rings. The molecule has 0 bridgehead atoms. The maximum atomic E-state index is 12.8. The van der Waals surface area contributed by atoms with Crippen molar-refractivity contribution in [3.8, 4) is 0 Å². The fourth-order valence-electron chi connectivity index (χ4n) is 3.55. The largest absolute Gasteiger partial charge is 0.331 e. The van der Waals surface area contributed by atoms with Crippen LogP contribution in [-0.2, 0) is 16.0 Å². The van der Waals surface area contributed by atoms with E-state index in [0.717, 1.165) is 31.6 Å². The molecule has 0 radical (unpaired) electrons. The highest BCUT2D eigenvalue weighted by Crippen LogP contribution is 2.24. The predicted molar refractivity (Wildman–Crippen MR) is 103 cm³/mol. The third-order valence-electron chi connectivity index (χ3n) is 4.87. The molecule has 0 aliphatic carbocycles. The van der Waals surface area contributed by atoms with E-state index in [9.17, 15) is 9.59 Å². The van der Waals surface area contributed by atoms with Gasteiger partial charge >= 0.3 is 0 Å². The Morgan fingerprint density at radius 3 is 2.56 bits per heavy atom. The van der Waals surface area contributed by atoms with Gasteiger partial charge in [0.25, 0.3) is 0 Å². The summed E-state index contributed by atoms with van der Waals surface area (Å²) in [4.78, 5) is 28.8. The van der Waals surface area contributed by atoms with Crippen molar-refractivity contribution in [2.24, 2.45) is 0 Å². The monoisotopic (exact) mass is 404 g/mol. The number of halogens is 3. The Bertz CT molecular complexity index is 633. The number of carbonyl (C=O) groups excluding carboxylic acids is 2. The Balaban J connectivity index is 0.00000225. The van der Waals surface area contributed by atoms with Crippen LogP contribution >= 0.6 is 35.6 Å². The number of Topliss-reactive ketones (excluding diaryl/α,β-unsaturated/α-hetero) is 1. The maximum Gasteiger partial charge on any atom is 0.227 e. The summed E-state index contributed by atoms with van der Waals surface area (Å²) in [6.07, 6.45) is 4.05. The van der Waals surface area contributed by atoms with Crippen molar-refractivity contribution < 1.29 is 9.59 Å². The Labute approximate surface area is 164 Å². The molecule has 0 aromatic heterocycles. The van der Waals surface area contributed by atoms with Crippen LogP contribution in [-0.4, -0.2) is 53.7 Å². The number of hydrogen-bond donors (Lipinski definition) is 0. The van der Waals surface area contributed by atoms with Crippen molar-refractivity contribution in [2.75, 3.05) is 26.2 Å². The molecular weight excluding hydrogens is 383 g/mol. The van der Waals surface area contributed by atoms with Crippen LogP contribution in [0.3, 0.4) is 0 Å². The first-order valence-corrected chi connectivity index (χ1v) is 9.26. The van der Waals surface area contributed by atoms with E-state index in [1.165, 1.54) is 12.8 Å². The van der Waals surface area contributed by atoms with Gasteiger partial charge in [-0.25, -0.2) is 0 Å². The molecule has 3 rings (SSSR count). The highest BCUT2D eigenvalue weighted by molar-refractivity contribution is 6.42. The molecule has 4 nitrogen and oxygen atoms in total. The number of hydrogen-bond acceptors (Lipinski definition) is 3. The van der Waals surface area contributed by atoms with E-state index in [1.807, 2.05) is 6.07 Å². The fourth-order valence-corrected chi connectivity index (χ4v) is 3.87. The molecule has 1 amide bonds. The van der Waals surface area contributed by atoms with E-state index < -0.39 is 0 Å². The van der Waals surface area contributed by atoms with Gasteiger partial charge in [0, 0.05) is 19.0 Å². The zero-order chi connectivity index (χ0) is 17.1. The van der Waals surface area contributed by atoms with Gasteiger partial charge < -0.3 is 9.80 Å². The molecular formula is C18H23Cl3N2O2. The summed E-state index contributed by atoms with van der Waals surface area (Å²) in [6.45, 7) is 3.30. The summed E-state index contributed by atoms with van der Waals surface area (Å²) in [5.41, 5.74) is 0.826. The second-order valence-corrected chi connectivity index (χ2v) is 7.50. The lowest BCUT2D eigenvalue weighted by atomic mass is 9.99. The molecule has 7 heteroatoms. The maximum absolute atomic E-state index is 12.8. The van der Waals surface area contributed by atoms with Crippen LogP contribution in [0, 0.1) is 0 Å². The molecule has 1 aromatic carbocycles. The van der Waals surface area contributed by atoms with Crippen molar-refractivity contribution in [3.05, 3.63) is 33.8 Å². The Hall–Kier alpha value is -0.810. The number of carbonyl (C=O) groups is 2. The predicted octanol–water partition coefficient (Wildman–Crippen LogP) is 3.61. The van der Waals surface area contributed by atoms with E-state index in [-0.39, 0.29) is 43.1 Å². The highest BCUT2D eigenvalue weighted by Gasteiger charge is 2.32. The molecule has 2 heterocycles. The normalized spacial score (nSPS) is 21.3. The minimum Gasteiger partial charge on any atom is -0.331 e. The zero-order valence-electron chi connectivity index (χ0n) is 14.0. The number of ketones is 1. The standard InChI is InChI=1S/C18H22Cl2N2O2.ClH/c19-16-6-3-13(9-17(16)20)10-18(24)22-12-15(23)5-4-14(22)11-21-7-1-2-8-21;/h3,6,9,14H,1-2,4-5,7-8,10-12H2;1H. The van der Waals surface area contributed by atoms with Gasteiger partial charge in [0.05, 0.1) is 23.0 Å². The van der Waals surface area contributed by atoms with Crippen molar-refractivity contribution in [2.45, 2.75) is 38.1 Å². The summed E-state index contributed by atoms with van der Waals surface area (Å²) in [7, 11) is 0. The molecule has 0 saturated carbocycles. The van der Waals surface area contributed by atoms with Gasteiger partial charge in [0.15, 0.2) is 5.78 Å². The quantitative estimate of drug-likeness (QED) is 0.768. The van der Waals surface area contributed by atoms with Gasteiger partial charge in [-0.15, -0.1) is 12.4 Å². The van der Waals surface area contributed by atoms with Crippen LogP contribution in [0.25, 0.3) is 0 Å². The lowest BCUT2D eigenvalue weighted by Gasteiger charge is -2.37. The van der Waals surface area contributed by atoms with Gasteiger partial charge in [-0.3, -0.25) is 9.59 Å². The average Bonchev–Trinajstić information content (AvgIpc) is 3.05. The summed E-state index contributed by atoms with van der Waals surface area (Å²) in [6, 6.07) is 5.38. The van der Waals surface area contributed by atoms with Crippen LogP contribution in [0.4, 0.5) is 0 Å². The Kier molecular flexibility index (Phi) is 7.56. The molecule has 2 fully saturated rings. The van der Waals surface area contributed by atoms with Gasteiger partial charge in [-0.1, -0.05) is 29.3 Å². The van der Waals surface area contributed by atoms with E-state index in [2.05, 4.69) is 4.90 Å². The van der Waals surface area contributed by atoms with Crippen LogP contribution in [0.5, 0.6) is 0 Å². The van der Waals surface area contributed by atoms with E-state index in [0.29, 0.717) is 16.5 Å². The van der Waals surface area contributed by atoms with Crippen molar-refractivity contribution in [3.63, 3.8) is 0 Å². The van der Waals surface area contributed by atoms with Crippen LogP contribution in [0.1, 0.15) is 31.2 Å². The van der Waals surface area contributed by atoms with Crippen LogP contribution < -0.4 is 0 Å². The van der Waals surface area contributed by atoms with Crippen molar-refractivity contribution >= 4 is 47.3 Å². The molecule has 0 spiro atoms. The van der Waals surface area contributed by atoms with Crippen molar-refractivity contribution in [1.29, 1.82) is 0 Å². The zero-order valence-corrected chi connectivity index (χ0v) is 16.4. The summed E-state index contributed by atoms with van der Waals surface area (Å²) in [5.74, 6) is 0.140. The molecule has 25 heavy (non-hydrogen) atoms. The number of rotatable bonds is 4. The van der Waals surface area contributed by atoms with Gasteiger partial charge in [0.2, 0.25) is 5.91 Å². The highest BCUT2D eigenvalue weighted by atomic mass is 35.5. The smallest absolute Gasteiger partial charge is 0.227 e.